The predicted molar refractivity (Wildman–Crippen MR) is 115 cm³/mol. The molecule has 1 fully saturated rings. The van der Waals surface area contributed by atoms with E-state index in [1.165, 1.54) is 31.0 Å². The highest BCUT2D eigenvalue weighted by Crippen LogP contribution is 2.34. The van der Waals surface area contributed by atoms with E-state index < -0.39 is 12.0 Å². The van der Waals surface area contributed by atoms with Crippen molar-refractivity contribution >= 4 is 23.8 Å². The first kappa shape index (κ1) is 21.4. The molecule has 0 saturated heterocycles. The maximum Gasteiger partial charge on any atom is 0.338 e. The Labute approximate surface area is 185 Å². The maximum atomic E-state index is 12.8. The summed E-state index contributed by atoms with van der Waals surface area (Å²) in [6.45, 7) is 2.00. The minimum absolute atomic E-state index is 0.243. The van der Waals surface area contributed by atoms with Crippen LogP contribution in [0.1, 0.15) is 62.4 Å². The smallest absolute Gasteiger partial charge is 0.338 e. The lowest BCUT2D eigenvalue weighted by Crippen LogP contribution is -2.46. The van der Waals surface area contributed by atoms with Gasteiger partial charge in [-0.05, 0) is 25.3 Å². The molecule has 2 aliphatic rings. The van der Waals surface area contributed by atoms with Gasteiger partial charge in [0.1, 0.15) is 0 Å². The molecule has 2 aromatic rings. The lowest BCUT2D eigenvalue weighted by molar-refractivity contribution is -0.139. The summed E-state index contributed by atoms with van der Waals surface area (Å²) in [5.74, 6) is 0.842. The summed E-state index contributed by atoms with van der Waals surface area (Å²) in [7, 11) is 0. The third-order valence-electron chi connectivity index (χ3n) is 5.50. The monoisotopic (exact) mass is 442 g/mol. The van der Waals surface area contributed by atoms with Crippen LogP contribution < -0.4 is 10.6 Å². The molecule has 9 heteroatoms. The molecule has 31 heavy (non-hydrogen) atoms. The molecular weight excluding hydrogens is 416 g/mol. The van der Waals surface area contributed by atoms with E-state index in [1.807, 2.05) is 30.3 Å². The molecule has 1 aliphatic carbocycles. The topological polar surface area (TPSA) is 106 Å². The number of nitrogens with one attached hydrogen (secondary N) is 2. The molecule has 4 rings (SSSR count). The second-order valence-corrected chi connectivity index (χ2v) is 8.51. The number of urea groups is 1. The summed E-state index contributed by atoms with van der Waals surface area (Å²) < 4.78 is 11.2. The van der Waals surface area contributed by atoms with Crippen molar-refractivity contribution in [1.29, 1.82) is 0 Å². The Morgan fingerprint density at radius 2 is 1.97 bits per heavy atom. The van der Waals surface area contributed by atoms with Gasteiger partial charge >= 0.3 is 12.0 Å². The predicted octanol–water partition coefficient (Wildman–Crippen LogP) is 4.08. The van der Waals surface area contributed by atoms with Crippen molar-refractivity contribution in [3.63, 3.8) is 0 Å². The number of esters is 1. The highest BCUT2D eigenvalue weighted by Gasteiger charge is 2.34. The van der Waals surface area contributed by atoms with Crippen molar-refractivity contribution in [3.05, 3.63) is 53.1 Å². The Bertz CT molecular complexity index is 953. The number of benzene rings is 1. The standard InChI is InChI=1S/C22H26N4O4S/c1-2-29-20(27)17-16(23-21(28)24-18(17)14-9-5-3-6-10-14)13-31-22-26-25-19(30-22)15-11-7-4-8-12-15/h3,5-6,9-10,15,18H,2,4,7-8,11-13H2,1H3,(H2,23,24,28). The quantitative estimate of drug-likeness (QED) is 0.491. The molecule has 1 unspecified atom stereocenters. The van der Waals surface area contributed by atoms with Gasteiger partial charge in [0.25, 0.3) is 5.22 Å². The van der Waals surface area contributed by atoms with Crippen molar-refractivity contribution in [3.8, 4) is 0 Å². The van der Waals surface area contributed by atoms with Crippen molar-refractivity contribution < 1.29 is 18.7 Å². The summed E-state index contributed by atoms with van der Waals surface area (Å²) in [4.78, 5) is 25.1. The van der Waals surface area contributed by atoms with Crippen molar-refractivity contribution in [2.75, 3.05) is 12.4 Å². The molecule has 8 nitrogen and oxygen atoms in total. The number of hydrogen-bond acceptors (Lipinski definition) is 7. The fourth-order valence-electron chi connectivity index (χ4n) is 4.00. The van der Waals surface area contributed by atoms with Crippen LogP contribution in [0.25, 0.3) is 0 Å². The Kier molecular flexibility index (Phi) is 6.91. The molecule has 2 heterocycles. The number of thioether (sulfide) groups is 1. The molecule has 1 aromatic heterocycles. The normalized spacial score (nSPS) is 19.6. The third kappa shape index (κ3) is 5.10. The molecule has 164 valence electrons. The number of rotatable bonds is 7. The number of ether oxygens (including phenoxy) is 1. The second kappa shape index (κ2) is 10.00. The Morgan fingerprint density at radius 1 is 1.19 bits per heavy atom. The largest absolute Gasteiger partial charge is 0.463 e. The van der Waals surface area contributed by atoms with E-state index >= 15 is 0 Å². The Morgan fingerprint density at radius 3 is 2.71 bits per heavy atom. The number of aromatic nitrogens is 2. The summed E-state index contributed by atoms with van der Waals surface area (Å²) in [5.41, 5.74) is 1.67. The van der Waals surface area contributed by atoms with Gasteiger partial charge in [-0.3, -0.25) is 0 Å². The lowest BCUT2D eigenvalue weighted by Gasteiger charge is -2.29. The lowest BCUT2D eigenvalue weighted by atomic mass is 9.89. The van der Waals surface area contributed by atoms with Crippen LogP contribution in [0.4, 0.5) is 4.79 Å². The van der Waals surface area contributed by atoms with E-state index in [4.69, 9.17) is 9.15 Å². The first-order valence-corrected chi connectivity index (χ1v) is 11.6. The van der Waals surface area contributed by atoms with E-state index in [2.05, 4.69) is 20.8 Å². The first-order valence-electron chi connectivity index (χ1n) is 10.6. The molecule has 0 radical (unpaired) electrons. The van der Waals surface area contributed by atoms with E-state index in [0.717, 1.165) is 18.4 Å². The Balaban J connectivity index is 1.56. The first-order chi connectivity index (χ1) is 15.2. The molecule has 1 aliphatic heterocycles. The summed E-state index contributed by atoms with van der Waals surface area (Å²) in [5, 5.41) is 14.4. The second-order valence-electron chi connectivity index (χ2n) is 7.58. The van der Waals surface area contributed by atoms with Gasteiger partial charge in [0.2, 0.25) is 5.89 Å². The minimum Gasteiger partial charge on any atom is -0.463 e. The van der Waals surface area contributed by atoms with Crippen molar-refractivity contribution in [1.82, 2.24) is 20.8 Å². The van der Waals surface area contributed by atoms with Gasteiger partial charge in [-0.15, -0.1) is 10.2 Å². The molecule has 2 amide bonds. The molecule has 1 aromatic carbocycles. The van der Waals surface area contributed by atoms with Crippen LogP contribution in [-0.4, -0.2) is 34.6 Å². The third-order valence-corrected chi connectivity index (χ3v) is 6.34. The number of amides is 2. The van der Waals surface area contributed by atoms with Gasteiger partial charge in [0.05, 0.1) is 18.2 Å². The van der Waals surface area contributed by atoms with E-state index in [0.29, 0.717) is 34.1 Å². The zero-order valence-electron chi connectivity index (χ0n) is 17.4. The van der Waals surface area contributed by atoms with Gasteiger partial charge in [0.15, 0.2) is 0 Å². The summed E-state index contributed by atoms with van der Waals surface area (Å²) >= 11 is 1.30. The number of carbonyl (C=O) groups is 2. The number of hydrogen-bond donors (Lipinski definition) is 2. The molecule has 1 saturated carbocycles. The fraction of sp³-hybridized carbons (Fsp3) is 0.455. The maximum absolute atomic E-state index is 12.8. The minimum atomic E-state index is -0.593. The Hall–Kier alpha value is -2.81. The van der Waals surface area contributed by atoms with Crippen LogP contribution in [0.3, 0.4) is 0 Å². The zero-order chi connectivity index (χ0) is 21.6. The van der Waals surface area contributed by atoms with Crippen molar-refractivity contribution in [2.24, 2.45) is 0 Å². The van der Waals surface area contributed by atoms with Gasteiger partial charge in [0, 0.05) is 17.4 Å². The molecular formula is C22H26N4O4S. The van der Waals surface area contributed by atoms with E-state index in [1.54, 1.807) is 6.92 Å². The van der Waals surface area contributed by atoms with Gasteiger partial charge in [-0.1, -0.05) is 61.4 Å². The van der Waals surface area contributed by atoms with Crippen LogP contribution in [0.5, 0.6) is 0 Å². The zero-order valence-corrected chi connectivity index (χ0v) is 18.2. The average molecular weight is 443 g/mol. The van der Waals surface area contributed by atoms with Crippen LogP contribution in [-0.2, 0) is 9.53 Å². The van der Waals surface area contributed by atoms with Crippen LogP contribution in [0.15, 0.2) is 51.2 Å². The SMILES string of the molecule is CCOC(=O)C1=C(CSc2nnc(C3CCCCC3)o2)NC(=O)NC1c1ccccc1. The molecule has 1 atom stereocenters. The fourth-order valence-corrected chi connectivity index (χ4v) is 4.74. The van der Waals surface area contributed by atoms with Gasteiger partial charge in [-0.25, -0.2) is 9.59 Å². The highest BCUT2D eigenvalue weighted by atomic mass is 32.2. The van der Waals surface area contributed by atoms with E-state index in [-0.39, 0.29) is 12.6 Å². The van der Waals surface area contributed by atoms with Crippen LogP contribution >= 0.6 is 11.8 Å². The van der Waals surface area contributed by atoms with E-state index in [9.17, 15) is 9.59 Å². The van der Waals surface area contributed by atoms with Crippen LogP contribution in [0, 0.1) is 0 Å². The highest BCUT2D eigenvalue weighted by molar-refractivity contribution is 7.99. The van der Waals surface area contributed by atoms with Crippen LogP contribution in [0.2, 0.25) is 0 Å². The van der Waals surface area contributed by atoms with Gasteiger partial charge < -0.3 is 19.8 Å². The summed E-state index contributed by atoms with van der Waals surface area (Å²) in [6, 6.07) is 8.40. The molecule has 0 bridgehead atoms. The van der Waals surface area contributed by atoms with Crippen molar-refractivity contribution in [2.45, 2.75) is 56.2 Å². The number of carbonyl (C=O) groups excluding carboxylic acids is 2. The summed E-state index contributed by atoms with van der Waals surface area (Å²) in [6.07, 6.45) is 5.78. The molecule has 2 N–H and O–H groups in total. The average Bonchev–Trinajstić information content (AvgIpc) is 3.28. The molecule has 0 spiro atoms. The number of nitrogens with zero attached hydrogens (tertiary/aromatic N) is 2. The van der Waals surface area contributed by atoms with Gasteiger partial charge in [-0.2, -0.15) is 0 Å².